The molecule has 0 bridgehead atoms. The van der Waals surface area contributed by atoms with Crippen LogP contribution in [0.4, 0.5) is 21.0 Å². The fourth-order valence-corrected chi connectivity index (χ4v) is 2.29. The first kappa shape index (κ1) is 16.1. The highest BCUT2D eigenvalue weighted by molar-refractivity contribution is 5.92. The number of rotatable bonds is 5. The standard InChI is InChI=1S/C15H22N4O3/c1-3-18(4-2)14(20)17-11-5-7-12(8-6-11)19-10-13(9-16)22-15(19)21/h5-8,13H,3-4,9-10,16H2,1-2H3,(H,17,20)/t13-/m0/s1. The Morgan fingerprint density at radius 2 is 2.00 bits per heavy atom. The quantitative estimate of drug-likeness (QED) is 0.869. The zero-order valence-electron chi connectivity index (χ0n) is 12.9. The number of hydrogen-bond donors (Lipinski definition) is 2. The van der Waals surface area contributed by atoms with Gasteiger partial charge in [-0.15, -0.1) is 0 Å². The predicted octanol–water partition coefficient (Wildman–Crippen LogP) is 1.84. The highest BCUT2D eigenvalue weighted by Crippen LogP contribution is 2.23. The summed E-state index contributed by atoms with van der Waals surface area (Å²) in [5.41, 5.74) is 6.92. The van der Waals surface area contributed by atoms with Crippen LogP contribution in [-0.4, -0.2) is 49.3 Å². The number of carbonyl (C=O) groups excluding carboxylic acids is 2. The molecule has 3 amide bonds. The molecule has 120 valence electrons. The van der Waals surface area contributed by atoms with Gasteiger partial charge < -0.3 is 20.7 Å². The molecule has 1 heterocycles. The smallest absolute Gasteiger partial charge is 0.414 e. The van der Waals surface area contributed by atoms with Crippen LogP contribution in [0.15, 0.2) is 24.3 Å². The van der Waals surface area contributed by atoms with Gasteiger partial charge in [0.15, 0.2) is 0 Å². The number of cyclic esters (lactones) is 1. The van der Waals surface area contributed by atoms with Crippen molar-refractivity contribution in [3.8, 4) is 0 Å². The van der Waals surface area contributed by atoms with Gasteiger partial charge in [-0.1, -0.05) is 0 Å². The van der Waals surface area contributed by atoms with Crippen molar-refractivity contribution in [1.82, 2.24) is 4.90 Å². The monoisotopic (exact) mass is 306 g/mol. The first-order valence-corrected chi connectivity index (χ1v) is 7.43. The van der Waals surface area contributed by atoms with E-state index in [1.807, 2.05) is 13.8 Å². The Bertz CT molecular complexity index is 528. The number of carbonyl (C=O) groups is 2. The van der Waals surface area contributed by atoms with Gasteiger partial charge >= 0.3 is 12.1 Å². The van der Waals surface area contributed by atoms with Crippen molar-refractivity contribution in [2.45, 2.75) is 20.0 Å². The molecule has 2 rings (SSSR count). The molecule has 7 nitrogen and oxygen atoms in total. The van der Waals surface area contributed by atoms with Crippen molar-refractivity contribution in [1.29, 1.82) is 0 Å². The minimum absolute atomic E-state index is 0.137. The summed E-state index contributed by atoms with van der Waals surface area (Å²) in [6.07, 6.45) is -0.662. The van der Waals surface area contributed by atoms with Crippen molar-refractivity contribution in [3.63, 3.8) is 0 Å². The first-order chi connectivity index (χ1) is 10.6. The lowest BCUT2D eigenvalue weighted by Gasteiger charge is -2.19. The summed E-state index contributed by atoms with van der Waals surface area (Å²) < 4.78 is 5.12. The summed E-state index contributed by atoms with van der Waals surface area (Å²) in [5.74, 6) is 0. The Labute approximate surface area is 130 Å². The van der Waals surface area contributed by atoms with Crippen molar-refractivity contribution < 1.29 is 14.3 Å². The minimum atomic E-state index is -0.393. The van der Waals surface area contributed by atoms with Crippen LogP contribution >= 0.6 is 0 Å². The maximum absolute atomic E-state index is 12.0. The molecular formula is C15H22N4O3. The Morgan fingerprint density at radius 1 is 1.36 bits per heavy atom. The number of anilines is 2. The van der Waals surface area contributed by atoms with Gasteiger partial charge in [0.05, 0.1) is 6.54 Å². The van der Waals surface area contributed by atoms with Gasteiger partial charge in [0, 0.05) is 31.0 Å². The van der Waals surface area contributed by atoms with Gasteiger partial charge in [0.1, 0.15) is 6.10 Å². The van der Waals surface area contributed by atoms with E-state index < -0.39 is 6.09 Å². The molecule has 0 aromatic heterocycles. The van der Waals surface area contributed by atoms with E-state index in [-0.39, 0.29) is 12.1 Å². The zero-order valence-corrected chi connectivity index (χ0v) is 12.9. The highest BCUT2D eigenvalue weighted by atomic mass is 16.6. The third kappa shape index (κ3) is 3.48. The van der Waals surface area contributed by atoms with Gasteiger partial charge in [0.2, 0.25) is 0 Å². The number of nitrogens with zero attached hydrogens (tertiary/aromatic N) is 2. The SMILES string of the molecule is CCN(CC)C(=O)Nc1ccc(N2C[C@H](CN)OC2=O)cc1. The Kier molecular flexibility index (Phi) is 5.21. The molecule has 3 N–H and O–H groups in total. The van der Waals surface area contributed by atoms with Crippen LogP contribution in [0, 0.1) is 0 Å². The van der Waals surface area contributed by atoms with Crippen molar-refractivity contribution >= 4 is 23.5 Å². The fourth-order valence-electron chi connectivity index (χ4n) is 2.29. The average Bonchev–Trinajstić information content (AvgIpc) is 2.90. The second kappa shape index (κ2) is 7.13. The molecule has 0 saturated carbocycles. The second-order valence-electron chi connectivity index (χ2n) is 5.00. The molecule has 1 aliphatic heterocycles. The van der Waals surface area contributed by atoms with Crippen LogP contribution < -0.4 is 16.0 Å². The molecule has 1 atom stereocenters. The van der Waals surface area contributed by atoms with Crippen molar-refractivity contribution in [2.24, 2.45) is 5.73 Å². The molecule has 0 radical (unpaired) electrons. The normalized spacial score (nSPS) is 17.3. The van der Waals surface area contributed by atoms with E-state index in [2.05, 4.69) is 5.32 Å². The van der Waals surface area contributed by atoms with E-state index in [1.165, 1.54) is 4.90 Å². The molecule has 0 unspecified atom stereocenters. The molecule has 0 spiro atoms. The molecular weight excluding hydrogens is 284 g/mol. The maximum atomic E-state index is 12.0. The summed E-state index contributed by atoms with van der Waals surface area (Å²) in [6, 6.07) is 6.94. The third-order valence-electron chi connectivity index (χ3n) is 3.62. The summed E-state index contributed by atoms with van der Waals surface area (Å²) in [5, 5.41) is 2.83. The summed E-state index contributed by atoms with van der Waals surface area (Å²) in [6.45, 7) is 5.92. The van der Waals surface area contributed by atoms with Gasteiger partial charge in [-0.05, 0) is 38.1 Å². The van der Waals surface area contributed by atoms with Gasteiger partial charge in [-0.2, -0.15) is 0 Å². The fraction of sp³-hybridized carbons (Fsp3) is 0.467. The van der Waals surface area contributed by atoms with Crippen molar-refractivity contribution in [2.75, 3.05) is 36.4 Å². The number of urea groups is 1. The number of nitrogens with two attached hydrogens (primary N) is 1. The number of benzene rings is 1. The van der Waals surface area contributed by atoms with E-state index in [4.69, 9.17) is 10.5 Å². The molecule has 22 heavy (non-hydrogen) atoms. The highest BCUT2D eigenvalue weighted by Gasteiger charge is 2.31. The van der Waals surface area contributed by atoms with Crippen LogP contribution in [0.1, 0.15) is 13.8 Å². The lowest BCUT2D eigenvalue weighted by molar-refractivity contribution is 0.145. The van der Waals surface area contributed by atoms with E-state index in [0.717, 1.165) is 5.69 Å². The predicted molar refractivity (Wildman–Crippen MR) is 85.1 cm³/mol. The van der Waals surface area contributed by atoms with E-state index in [1.54, 1.807) is 29.2 Å². The molecule has 1 saturated heterocycles. The summed E-state index contributed by atoms with van der Waals surface area (Å²) in [7, 11) is 0. The molecule has 1 aromatic carbocycles. The summed E-state index contributed by atoms with van der Waals surface area (Å²) in [4.78, 5) is 26.9. The van der Waals surface area contributed by atoms with E-state index in [9.17, 15) is 9.59 Å². The maximum Gasteiger partial charge on any atom is 0.414 e. The van der Waals surface area contributed by atoms with Crippen LogP contribution in [0.5, 0.6) is 0 Å². The molecule has 1 aromatic rings. The zero-order chi connectivity index (χ0) is 16.1. The lowest BCUT2D eigenvalue weighted by Crippen LogP contribution is -2.34. The van der Waals surface area contributed by atoms with Crippen LogP contribution in [0.3, 0.4) is 0 Å². The minimum Gasteiger partial charge on any atom is -0.443 e. The Hall–Kier alpha value is -2.28. The average molecular weight is 306 g/mol. The topological polar surface area (TPSA) is 87.9 Å². The Balaban J connectivity index is 2.02. The van der Waals surface area contributed by atoms with Crippen LogP contribution in [0.25, 0.3) is 0 Å². The molecule has 7 heteroatoms. The van der Waals surface area contributed by atoms with E-state index in [0.29, 0.717) is 31.9 Å². The van der Waals surface area contributed by atoms with E-state index >= 15 is 0 Å². The second-order valence-corrected chi connectivity index (χ2v) is 5.00. The third-order valence-corrected chi connectivity index (χ3v) is 3.62. The van der Waals surface area contributed by atoms with Crippen LogP contribution in [0.2, 0.25) is 0 Å². The van der Waals surface area contributed by atoms with Gasteiger partial charge in [-0.3, -0.25) is 4.90 Å². The van der Waals surface area contributed by atoms with Gasteiger partial charge in [-0.25, -0.2) is 9.59 Å². The summed E-state index contributed by atoms with van der Waals surface area (Å²) >= 11 is 0. The molecule has 0 aliphatic carbocycles. The number of nitrogens with one attached hydrogen (secondary N) is 1. The molecule has 1 fully saturated rings. The number of amides is 3. The van der Waals surface area contributed by atoms with Crippen LogP contribution in [-0.2, 0) is 4.74 Å². The first-order valence-electron chi connectivity index (χ1n) is 7.43. The number of hydrogen-bond acceptors (Lipinski definition) is 4. The number of ether oxygens (including phenoxy) is 1. The lowest BCUT2D eigenvalue weighted by atomic mass is 10.2. The Morgan fingerprint density at radius 3 is 2.50 bits per heavy atom. The van der Waals surface area contributed by atoms with Crippen molar-refractivity contribution in [3.05, 3.63) is 24.3 Å². The molecule has 1 aliphatic rings. The van der Waals surface area contributed by atoms with Gasteiger partial charge in [0.25, 0.3) is 0 Å². The largest absolute Gasteiger partial charge is 0.443 e.